The smallest absolute Gasteiger partial charge is 0.411 e. The molecule has 2 aromatic heterocycles. The van der Waals surface area contributed by atoms with Crippen molar-refractivity contribution in [2.75, 3.05) is 24.7 Å². The van der Waals surface area contributed by atoms with E-state index in [4.69, 9.17) is 4.74 Å². The van der Waals surface area contributed by atoms with Crippen LogP contribution in [0.4, 0.5) is 27.6 Å². The van der Waals surface area contributed by atoms with Crippen molar-refractivity contribution in [1.82, 2.24) is 14.9 Å². The van der Waals surface area contributed by atoms with Crippen molar-refractivity contribution in [2.24, 2.45) is 7.05 Å². The molecule has 1 aliphatic rings. The Morgan fingerprint density at radius 2 is 1.75 bits per heavy atom. The summed E-state index contributed by atoms with van der Waals surface area (Å²) in [5, 5.41) is 14.1. The summed E-state index contributed by atoms with van der Waals surface area (Å²) in [6.45, 7) is -1.14. The largest absolute Gasteiger partial charge is 0.480 e. The molecule has 1 amide bonds. The number of carbonyl (C=O) groups excluding carboxylic acids is 1. The Hall–Kier alpha value is -5.37. The van der Waals surface area contributed by atoms with E-state index in [2.05, 4.69) is 10.3 Å². The number of benzene rings is 3. The van der Waals surface area contributed by atoms with Crippen molar-refractivity contribution in [3.8, 4) is 11.1 Å². The van der Waals surface area contributed by atoms with Gasteiger partial charge in [-0.2, -0.15) is 13.2 Å². The fourth-order valence-electron chi connectivity index (χ4n) is 6.07. The van der Waals surface area contributed by atoms with Gasteiger partial charge in [-0.1, -0.05) is 36.4 Å². The maximum atomic E-state index is 15.2. The first-order chi connectivity index (χ1) is 22.8. The van der Waals surface area contributed by atoms with E-state index in [1.807, 2.05) is 0 Å². The number of amides is 1. The normalized spacial score (nSPS) is 15.9. The molecule has 14 heteroatoms. The van der Waals surface area contributed by atoms with Crippen LogP contribution in [0.5, 0.6) is 0 Å². The Morgan fingerprint density at radius 1 is 1.04 bits per heavy atom. The number of aromatic nitrogens is 2. The van der Waals surface area contributed by atoms with Crippen LogP contribution in [0, 0.1) is 11.6 Å². The molecule has 2 N–H and O–H groups in total. The molecule has 9 nitrogen and oxygen atoms in total. The van der Waals surface area contributed by atoms with Crippen LogP contribution in [-0.2, 0) is 23.0 Å². The number of hydrogen-bond donors (Lipinski definition) is 2. The van der Waals surface area contributed by atoms with Crippen molar-refractivity contribution >= 4 is 39.2 Å². The maximum absolute atomic E-state index is 15.2. The zero-order chi connectivity index (χ0) is 34.3. The molecule has 1 saturated heterocycles. The van der Waals surface area contributed by atoms with Gasteiger partial charge in [-0.15, -0.1) is 0 Å². The number of aliphatic carboxylic acids is 1. The number of carboxylic acids is 1. The predicted molar refractivity (Wildman–Crippen MR) is 167 cm³/mol. The number of pyridine rings is 2. The minimum Gasteiger partial charge on any atom is -0.480 e. The molecule has 5 aromatic rings. The van der Waals surface area contributed by atoms with Gasteiger partial charge in [0.05, 0.1) is 18.7 Å². The lowest BCUT2D eigenvalue weighted by Gasteiger charge is -2.38. The molecule has 0 saturated carbocycles. The number of fused-ring (bicyclic) bond motifs is 2. The van der Waals surface area contributed by atoms with Gasteiger partial charge in [-0.3, -0.25) is 14.6 Å². The molecule has 0 aliphatic carbocycles. The average molecular weight is 667 g/mol. The number of hydrogen-bond acceptors (Lipinski definition) is 6. The van der Waals surface area contributed by atoms with E-state index in [-0.39, 0.29) is 25.1 Å². The average Bonchev–Trinajstić information content (AvgIpc) is 3.05. The second-order valence-corrected chi connectivity index (χ2v) is 11.4. The molecule has 0 spiro atoms. The summed E-state index contributed by atoms with van der Waals surface area (Å²) in [4.78, 5) is 43.6. The number of aryl methyl sites for hydroxylation is 1. The molecule has 2 atom stereocenters. The van der Waals surface area contributed by atoms with Crippen LogP contribution in [0.15, 0.2) is 77.9 Å². The number of anilines is 1. The number of morpholine rings is 1. The molecule has 1 fully saturated rings. The third-order valence-electron chi connectivity index (χ3n) is 8.45. The SMILES string of the molecule is Cn1c(=O)c(-c2ccc(CC(NC(=O)c3c(F)cc(N4CCOC[C@@H]4C(F)(F)F)cc3F)C(=O)O)c3ccccc23)cc2cnccc21. The van der Waals surface area contributed by atoms with Gasteiger partial charge in [0, 0.05) is 49.0 Å². The van der Waals surface area contributed by atoms with Gasteiger partial charge in [0.15, 0.2) is 0 Å². The predicted octanol–water partition coefficient (Wildman–Crippen LogP) is 5.23. The van der Waals surface area contributed by atoms with Crippen molar-refractivity contribution in [1.29, 1.82) is 0 Å². The van der Waals surface area contributed by atoms with Crippen LogP contribution in [0.2, 0.25) is 0 Å². The van der Waals surface area contributed by atoms with Crippen LogP contribution in [0.1, 0.15) is 15.9 Å². The van der Waals surface area contributed by atoms with E-state index in [9.17, 15) is 32.7 Å². The Labute approximate surface area is 269 Å². The molecule has 248 valence electrons. The first-order valence-electron chi connectivity index (χ1n) is 14.7. The zero-order valence-electron chi connectivity index (χ0n) is 25.2. The molecule has 0 radical (unpaired) electrons. The minimum absolute atomic E-state index is 0.107. The van der Waals surface area contributed by atoms with Crippen LogP contribution < -0.4 is 15.8 Å². The summed E-state index contributed by atoms with van der Waals surface area (Å²) in [7, 11) is 1.64. The maximum Gasteiger partial charge on any atom is 0.411 e. The Morgan fingerprint density at radius 3 is 2.44 bits per heavy atom. The van der Waals surface area contributed by atoms with Crippen molar-refractivity contribution in [3.63, 3.8) is 0 Å². The van der Waals surface area contributed by atoms with E-state index in [1.54, 1.807) is 68.0 Å². The topological polar surface area (TPSA) is 114 Å². The van der Waals surface area contributed by atoms with E-state index in [1.165, 1.54) is 4.57 Å². The van der Waals surface area contributed by atoms with Gasteiger partial charge in [-0.05, 0) is 46.2 Å². The molecule has 6 rings (SSSR count). The molecule has 3 heterocycles. The summed E-state index contributed by atoms with van der Waals surface area (Å²) >= 11 is 0. The second kappa shape index (κ2) is 12.7. The third-order valence-corrected chi connectivity index (χ3v) is 8.45. The van der Waals surface area contributed by atoms with E-state index in [0.29, 0.717) is 45.1 Å². The standard InChI is InChI=1S/C34H27F5N4O5/c1-42-28-8-9-40-16-19(28)12-24(32(42)45)23-7-6-18(21-4-2-3-5-22(21)23)13-27(33(46)47)41-31(44)30-25(35)14-20(15-26(30)36)43-10-11-48-17-29(43)34(37,38)39/h2-9,12,14-16,27,29H,10-11,13,17H2,1H3,(H,41,44)(H,46,47)/t27?,29-/m1/s1. The molecular formula is C34H27F5N4O5. The first-order valence-corrected chi connectivity index (χ1v) is 14.7. The monoisotopic (exact) mass is 666 g/mol. The van der Waals surface area contributed by atoms with E-state index < -0.39 is 59.6 Å². The number of carboxylic acid groups (broad SMARTS) is 1. The molecule has 1 aliphatic heterocycles. The molecule has 1 unspecified atom stereocenters. The van der Waals surface area contributed by atoms with Crippen molar-refractivity contribution < 1.29 is 41.4 Å². The summed E-state index contributed by atoms with van der Waals surface area (Å²) in [6.07, 6.45) is -1.83. The van der Waals surface area contributed by atoms with E-state index >= 15 is 8.78 Å². The number of nitrogens with one attached hydrogen (secondary N) is 1. The van der Waals surface area contributed by atoms with Gasteiger partial charge < -0.3 is 24.6 Å². The lowest BCUT2D eigenvalue weighted by Crippen LogP contribution is -2.53. The number of ether oxygens (including phenoxy) is 1. The van der Waals surface area contributed by atoms with Gasteiger partial charge in [-0.25, -0.2) is 13.6 Å². The fraction of sp³-hybridized carbons (Fsp3) is 0.235. The third kappa shape index (κ3) is 6.06. The number of halogens is 5. The van der Waals surface area contributed by atoms with E-state index in [0.717, 1.165) is 10.3 Å². The van der Waals surface area contributed by atoms with Crippen molar-refractivity contribution in [2.45, 2.75) is 24.7 Å². The summed E-state index contributed by atoms with van der Waals surface area (Å²) in [6, 6.07) is 11.1. The molecule has 48 heavy (non-hydrogen) atoms. The minimum atomic E-state index is -4.75. The summed E-state index contributed by atoms with van der Waals surface area (Å²) < 4.78 is 77.3. The van der Waals surface area contributed by atoms with Crippen molar-refractivity contribution in [3.05, 3.63) is 106 Å². The fourth-order valence-corrected chi connectivity index (χ4v) is 6.07. The zero-order valence-corrected chi connectivity index (χ0v) is 25.2. The lowest BCUT2D eigenvalue weighted by atomic mass is 9.92. The van der Waals surface area contributed by atoms with Crippen LogP contribution >= 0.6 is 0 Å². The van der Waals surface area contributed by atoms with Gasteiger partial charge in [0.2, 0.25) is 0 Å². The molecular weight excluding hydrogens is 639 g/mol. The Bertz CT molecular complexity index is 2110. The van der Waals surface area contributed by atoms with Crippen LogP contribution in [-0.4, -0.2) is 64.6 Å². The lowest BCUT2D eigenvalue weighted by molar-refractivity contribution is -0.167. The number of rotatable bonds is 7. The summed E-state index contributed by atoms with van der Waals surface area (Å²) in [5.74, 6) is -5.80. The second-order valence-electron chi connectivity index (χ2n) is 11.4. The Balaban J connectivity index is 1.30. The number of carbonyl (C=O) groups is 2. The highest BCUT2D eigenvalue weighted by atomic mass is 19.4. The highest BCUT2D eigenvalue weighted by molar-refractivity contribution is 6.01. The number of alkyl halides is 3. The van der Waals surface area contributed by atoms with Crippen LogP contribution in [0.25, 0.3) is 32.8 Å². The first kappa shape index (κ1) is 32.6. The highest BCUT2D eigenvalue weighted by Crippen LogP contribution is 2.34. The number of nitrogens with zero attached hydrogens (tertiary/aromatic N) is 3. The highest BCUT2D eigenvalue weighted by Gasteiger charge is 2.46. The Kier molecular flexibility index (Phi) is 8.60. The van der Waals surface area contributed by atoms with Gasteiger partial charge in [0.1, 0.15) is 29.3 Å². The summed E-state index contributed by atoms with van der Waals surface area (Å²) in [5.41, 5.74) is 0.275. The van der Waals surface area contributed by atoms with Gasteiger partial charge in [0.25, 0.3) is 11.5 Å². The molecule has 3 aromatic carbocycles. The quantitative estimate of drug-likeness (QED) is 0.229. The molecule has 0 bridgehead atoms. The van der Waals surface area contributed by atoms with Crippen LogP contribution in [0.3, 0.4) is 0 Å². The van der Waals surface area contributed by atoms with Gasteiger partial charge >= 0.3 is 12.1 Å².